The lowest BCUT2D eigenvalue weighted by atomic mass is 9.84. The van der Waals surface area contributed by atoms with Gasteiger partial charge in [-0.25, -0.2) is 0 Å². The summed E-state index contributed by atoms with van der Waals surface area (Å²) in [6.07, 6.45) is 3.93. The fraction of sp³-hybridized carbons (Fsp3) is 0. The monoisotopic (exact) mass is 583 g/mol. The van der Waals surface area contributed by atoms with E-state index in [1.165, 1.54) is 70.9 Å². The minimum Gasteiger partial charge on any atom is -0.263 e. The highest BCUT2D eigenvalue weighted by atomic mass is 14.6. The SMILES string of the molecule is c1ccc(-c2cncc(-c3ccc4c(-c5ccc6ccccc6c5)c5ccccc5c(-c5ccc6ccccc6c5)c4c3)c2)cc1. The second-order valence-electron chi connectivity index (χ2n) is 12.0. The predicted molar refractivity (Wildman–Crippen MR) is 196 cm³/mol. The molecule has 0 aliphatic rings. The van der Waals surface area contributed by atoms with Crippen molar-refractivity contribution in [2.45, 2.75) is 0 Å². The van der Waals surface area contributed by atoms with E-state index in [9.17, 15) is 0 Å². The van der Waals surface area contributed by atoms with E-state index in [1.54, 1.807) is 0 Å². The molecule has 0 bridgehead atoms. The lowest BCUT2D eigenvalue weighted by Crippen LogP contribution is -1.92. The summed E-state index contributed by atoms with van der Waals surface area (Å²) >= 11 is 0. The summed E-state index contributed by atoms with van der Waals surface area (Å²) in [6, 6.07) is 59.6. The molecule has 8 aromatic carbocycles. The average molecular weight is 584 g/mol. The third-order valence-electron chi connectivity index (χ3n) is 9.28. The molecule has 9 rings (SSSR count). The van der Waals surface area contributed by atoms with Gasteiger partial charge in [0.2, 0.25) is 0 Å². The maximum Gasteiger partial charge on any atom is 0.0346 e. The second kappa shape index (κ2) is 10.8. The lowest BCUT2D eigenvalue weighted by molar-refractivity contribution is 1.33. The van der Waals surface area contributed by atoms with Gasteiger partial charge in [0.25, 0.3) is 0 Å². The Hall–Kier alpha value is -6.05. The van der Waals surface area contributed by atoms with Gasteiger partial charge in [-0.3, -0.25) is 4.98 Å². The molecular weight excluding hydrogens is 555 g/mol. The molecular formula is C45H29N. The van der Waals surface area contributed by atoms with Crippen molar-refractivity contribution < 1.29 is 0 Å². The molecule has 0 amide bonds. The van der Waals surface area contributed by atoms with Gasteiger partial charge in [-0.1, -0.05) is 140 Å². The van der Waals surface area contributed by atoms with Gasteiger partial charge in [0.15, 0.2) is 0 Å². The van der Waals surface area contributed by atoms with Crippen LogP contribution in [0.3, 0.4) is 0 Å². The smallest absolute Gasteiger partial charge is 0.0346 e. The Balaban J connectivity index is 1.36. The van der Waals surface area contributed by atoms with E-state index in [4.69, 9.17) is 0 Å². The number of rotatable bonds is 4. The predicted octanol–water partition coefficient (Wildman–Crippen LogP) is 12.4. The van der Waals surface area contributed by atoms with Crippen molar-refractivity contribution in [2.24, 2.45) is 0 Å². The van der Waals surface area contributed by atoms with E-state index >= 15 is 0 Å². The van der Waals surface area contributed by atoms with E-state index in [-0.39, 0.29) is 0 Å². The van der Waals surface area contributed by atoms with Crippen molar-refractivity contribution in [3.8, 4) is 44.5 Å². The minimum atomic E-state index is 1.10. The lowest BCUT2D eigenvalue weighted by Gasteiger charge is -2.19. The molecule has 0 unspecified atom stereocenters. The number of fused-ring (bicyclic) bond motifs is 4. The van der Waals surface area contributed by atoms with E-state index in [2.05, 4.69) is 169 Å². The maximum absolute atomic E-state index is 4.68. The van der Waals surface area contributed by atoms with Gasteiger partial charge in [-0.15, -0.1) is 0 Å². The summed E-state index contributed by atoms with van der Waals surface area (Å²) in [6.45, 7) is 0. The molecule has 0 saturated carbocycles. The standard InChI is InChI=1S/C45H29N/c1-2-10-30(11-3-1)38-26-39(29-46-28-38)35-22-23-42-43(27-35)45(37-21-19-32-13-5-7-15-34(32)25-37)41-17-9-8-16-40(41)44(42)36-20-18-31-12-4-6-14-33(31)24-36/h1-29H. The number of hydrogen-bond acceptors (Lipinski definition) is 1. The Bertz CT molecular complexity index is 2580. The molecule has 0 radical (unpaired) electrons. The number of hydrogen-bond donors (Lipinski definition) is 0. The number of pyridine rings is 1. The highest BCUT2D eigenvalue weighted by molar-refractivity contribution is 6.22. The Kier molecular flexibility index (Phi) is 6.21. The molecule has 0 aliphatic carbocycles. The van der Waals surface area contributed by atoms with Crippen LogP contribution in [0.4, 0.5) is 0 Å². The molecule has 0 N–H and O–H groups in total. The first-order valence-corrected chi connectivity index (χ1v) is 15.8. The van der Waals surface area contributed by atoms with Crippen LogP contribution in [0.25, 0.3) is 87.6 Å². The van der Waals surface area contributed by atoms with Gasteiger partial charge < -0.3 is 0 Å². The van der Waals surface area contributed by atoms with Crippen molar-refractivity contribution in [3.05, 3.63) is 176 Å². The third kappa shape index (κ3) is 4.45. The average Bonchev–Trinajstić information content (AvgIpc) is 3.13. The molecule has 9 aromatic rings. The number of aromatic nitrogens is 1. The minimum absolute atomic E-state index is 1.10. The van der Waals surface area contributed by atoms with Crippen molar-refractivity contribution in [1.29, 1.82) is 0 Å². The van der Waals surface area contributed by atoms with Crippen LogP contribution in [0.1, 0.15) is 0 Å². The summed E-state index contributed by atoms with van der Waals surface area (Å²) in [5.74, 6) is 0. The van der Waals surface area contributed by atoms with Gasteiger partial charge in [0, 0.05) is 23.5 Å². The number of benzene rings is 8. The summed E-state index contributed by atoms with van der Waals surface area (Å²) in [7, 11) is 0. The Morgan fingerprint density at radius 2 is 0.739 bits per heavy atom. The normalized spacial score (nSPS) is 11.5. The molecule has 1 aromatic heterocycles. The van der Waals surface area contributed by atoms with Gasteiger partial charge in [0.05, 0.1) is 0 Å². The summed E-state index contributed by atoms with van der Waals surface area (Å²) < 4.78 is 0. The molecule has 1 heterocycles. The highest BCUT2D eigenvalue weighted by Gasteiger charge is 2.18. The zero-order chi connectivity index (χ0) is 30.5. The van der Waals surface area contributed by atoms with Crippen molar-refractivity contribution in [2.75, 3.05) is 0 Å². The molecule has 46 heavy (non-hydrogen) atoms. The molecule has 1 nitrogen and oxygen atoms in total. The maximum atomic E-state index is 4.68. The van der Waals surface area contributed by atoms with Crippen molar-refractivity contribution in [1.82, 2.24) is 4.98 Å². The van der Waals surface area contributed by atoms with Crippen molar-refractivity contribution >= 4 is 43.1 Å². The second-order valence-corrected chi connectivity index (χ2v) is 12.0. The molecule has 0 saturated heterocycles. The Morgan fingerprint density at radius 3 is 1.37 bits per heavy atom. The largest absolute Gasteiger partial charge is 0.263 e. The van der Waals surface area contributed by atoms with Crippen molar-refractivity contribution in [3.63, 3.8) is 0 Å². The quantitative estimate of drug-likeness (QED) is 0.188. The van der Waals surface area contributed by atoms with Gasteiger partial charge in [0.1, 0.15) is 0 Å². The van der Waals surface area contributed by atoms with Crippen LogP contribution in [0.15, 0.2) is 176 Å². The zero-order valence-electron chi connectivity index (χ0n) is 25.2. The first kappa shape index (κ1) is 26.4. The molecule has 214 valence electrons. The van der Waals surface area contributed by atoms with E-state index < -0.39 is 0 Å². The molecule has 0 fully saturated rings. The van der Waals surface area contributed by atoms with Crippen LogP contribution in [0, 0.1) is 0 Å². The van der Waals surface area contributed by atoms with Gasteiger partial charge in [-0.2, -0.15) is 0 Å². The van der Waals surface area contributed by atoms with E-state index in [0.717, 1.165) is 16.7 Å². The fourth-order valence-electron chi connectivity index (χ4n) is 7.06. The van der Waals surface area contributed by atoms with E-state index in [1.807, 2.05) is 12.4 Å². The molecule has 0 atom stereocenters. The summed E-state index contributed by atoms with van der Waals surface area (Å²) in [4.78, 5) is 4.68. The van der Waals surface area contributed by atoms with E-state index in [0.29, 0.717) is 0 Å². The Labute approximate surface area is 268 Å². The van der Waals surface area contributed by atoms with Crippen LogP contribution in [-0.2, 0) is 0 Å². The zero-order valence-corrected chi connectivity index (χ0v) is 25.2. The summed E-state index contributed by atoms with van der Waals surface area (Å²) in [5, 5.41) is 9.98. The fourth-order valence-corrected chi connectivity index (χ4v) is 7.06. The first-order chi connectivity index (χ1) is 22.8. The number of nitrogens with zero attached hydrogens (tertiary/aromatic N) is 1. The van der Waals surface area contributed by atoms with Crippen LogP contribution >= 0.6 is 0 Å². The van der Waals surface area contributed by atoms with Crippen LogP contribution < -0.4 is 0 Å². The van der Waals surface area contributed by atoms with Crippen LogP contribution in [0.2, 0.25) is 0 Å². The summed E-state index contributed by atoms with van der Waals surface area (Å²) in [5.41, 5.74) is 9.51. The third-order valence-corrected chi connectivity index (χ3v) is 9.28. The van der Waals surface area contributed by atoms with Crippen LogP contribution in [-0.4, -0.2) is 4.98 Å². The Morgan fingerprint density at radius 1 is 0.261 bits per heavy atom. The molecule has 1 heteroatoms. The van der Waals surface area contributed by atoms with Gasteiger partial charge >= 0.3 is 0 Å². The van der Waals surface area contributed by atoms with Gasteiger partial charge in [-0.05, 0) is 101 Å². The topological polar surface area (TPSA) is 12.9 Å². The van der Waals surface area contributed by atoms with Crippen LogP contribution in [0.5, 0.6) is 0 Å². The highest BCUT2D eigenvalue weighted by Crippen LogP contribution is 2.45. The molecule has 0 spiro atoms. The first-order valence-electron chi connectivity index (χ1n) is 15.8. The molecule has 0 aliphatic heterocycles.